The van der Waals surface area contributed by atoms with E-state index in [1.54, 1.807) is 11.3 Å². The molecule has 3 heteroatoms. The second-order valence-corrected chi connectivity index (χ2v) is 5.88. The summed E-state index contributed by atoms with van der Waals surface area (Å²) in [5.74, 6) is 6.90. The first-order valence-corrected chi connectivity index (χ1v) is 7.40. The largest absolute Gasteiger partial charge is 0.488 e. The van der Waals surface area contributed by atoms with E-state index in [0.717, 1.165) is 10.6 Å². The highest BCUT2D eigenvalue weighted by Gasteiger charge is 2.07. The molecule has 1 heterocycles. The molecule has 20 heavy (non-hydrogen) atoms. The summed E-state index contributed by atoms with van der Waals surface area (Å²) >= 11 is 1.65. The molecule has 104 valence electrons. The molecule has 2 aromatic rings. The van der Waals surface area contributed by atoms with Gasteiger partial charge >= 0.3 is 0 Å². The van der Waals surface area contributed by atoms with Crippen molar-refractivity contribution in [3.8, 4) is 17.6 Å². The van der Waals surface area contributed by atoms with Crippen molar-refractivity contribution in [3.05, 3.63) is 50.7 Å². The molecular formula is C17H19NOS. The van der Waals surface area contributed by atoms with Crippen molar-refractivity contribution in [2.75, 3.05) is 6.54 Å². The van der Waals surface area contributed by atoms with Crippen molar-refractivity contribution in [1.82, 2.24) is 0 Å². The van der Waals surface area contributed by atoms with Gasteiger partial charge in [0.05, 0.1) is 11.4 Å². The number of hydrogen-bond acceptors (Lipinski definition) is 3. The second kappa shape index (κ2) is 6.60. The van der Waals surface area contributed by atoms with Crippen molar-refractivity contribution < 1.29 is 4.74 Å². The molecule has 0 spiro atoms. The molecule has 0 atom stereocenters. The quantitative estimate of drug-likeness (QED) is 0.875. The van der Waals surface area contributed by atoms with Gasteiger partial charge in [0.15, 0.2) is 0 Å². The van der Waals surface area contributed by atoms with Gasteiger partial charge in [-0.15, -0.1) is 11.3 Å². The molecule has 1 aromatic heterocycles. The Labute approximate surface area is 124 Å². The Balaban J connectivity index is 2.09. The highest BCUT2D eigenvalue weighted by molar-refractivity contribution is 7.12. The third-order valence-corrected chi connectivity index (χ3v) is 4.18. The molecular weight excluding hydrogens is 266 g/mol. The number of thiophene rings is 1. The fourth-order valence-corrected chi connectivity index (χ4v) is 2.75. The lowest BCUT2D eigenvalue weighted by molar-refractivity contribution is 0.305. The zero-order valence-corrected chi connectivity index (χ0v) is 12.9. The molecule has 0 saturated heterocycles. The minimum absolute atomic E-state index is 0.394. The Hall–Kier alpha value is -1.76. The molecule has 0 fully saturated rings. The summed E-state index contributed by atoms with van der Waals surface area (Å²) in [7, 11) is 0. The molecule has 0 aliphatic heterocycles. The van der Waals surface area contributed by atoms with Crippen LogP contribution in [-0.2, 0) is 6.61 Å². The van der Waals surface area contributed by atoms with Gasteiger partial charge in [-0.3, -0.25) is 0 Å². The van der Waals surface area contributed by atoms with E-state index >= 15 is 0 Å². The first kappa shape index (κ1) is 14.6. The van der Waals surface area contributed by atoms with E-state index < -0.39 is 0 Å². The maximum atomic E-state index is 5.99. The fourth-order valence-electron chi connectivity index (χ4n) is 1.95. The number of aryl methyl sites for hydroxylation is 2. The van der Waals surface area contributed by atoms with Crippen LogP contribution >= 0.6 is 11.3 Å². The minimum atomic E-state index is 0.394. The molecule has 1 aromatic carbocycles. The lowest BCUT2D eigenvalue weighted by Gasteiger charge is -2.13. The lowest BCUT2D eigenvalue weighted by Crippen LogP contribution is -1.98. The summed E-state index contributed by atoms with van der Waals surface area (Å²) in [6, 6.07) is 8.31. The van der Waals surface area contributed by atoms with Gasteiger partial charge in [0.25, 0.3) is 0 Å². The van der Waals surface area contributed by atoms with Gasteiger partial charge in [-0.05, 0) is 49.6 Å². The van der Waals surface area contributed by atoms with Gasteiger partial charge in [0.1, 0.15) is 12.4 Å². The van der Waals surface area contributed by atoms with Crippen molar-refractivity contribution in [3.63, 3.8) is 0 Å². The summed E-state index contributed by atoms with van der Waals surface area (Å²) in [5.41, 5.74) is 9.01. The molecule has 0 saturated carbocycles. The topological polar surface area (TPSA) is 35.2 Å². The van der Waals surface area contributed by atoms with Gasteiger partial charge in [0, 0.05) is 4.88 Å². The van der Waals surface area contributed by atoms with Gasteiger partial charge < -0.3 is 10.5 Å². The summed E-state index contributed by atoms with van der Waals surface area (Å²) in [6.07, 6.45) is 0. The second-order valence-electron chi connectivity index (χ2n) is 4.71. The minimum Gasteiger partial charge on any atom is -0.488 e. The molecule has 0 radical (unpaired) electrons. The maximum Gasteiger partial charge on any atom is 0.125 e. The molecule has 0 amide bonds. The van der Waals surface area contributed by atoms with E-state index in [9.17, 15) is 0 Å². The summed E-state index contributed by atoms with van der Waals surface area (Å²) in [5, 5.41) is 0. The normalized spacial score (nSPS) is 10.0. The van der Waals surface area contributed by atoms with Gasteiger partial charge in [0.2, 0.25) is 0 Å². The van der Waals surface area contributed by atoms with Crippen molar-refractivity contribution in [2.45, 2.75) is 27.4 Å². The SMILES string of the molecule is Cc1ccc(C)c(OCc2ccc(C#CCN)s2)c1C. The standard InChI is InChI=1S/C17H19NOS/c1-12-6-7-13(2)17(14(12)3)19-11-16-9-8-15(20-16)5-4-10-18/h6-9H,10-11,18H2,1-3H3. The van der Waals surface area contributed by atoms with Crippen molar-refractivity contribution >= 4 is 11.3 Å². The molecule has 0 bridgehead atoms. The number of nitrogens with two attached hydrogens (primary N) is 1. The molecule has 0 aliphatic carbocycles. The highest BCUT2D eigenvalue weighted by atomic mass is 32.1. The average molecular weight is 285 g/mol. The summed E-state index contributed by atoms with van der Waals surface area (Å²) < 4.78 is 5.99. The van der Waals surface area contributed by atoms with E-state index in [-0.39, 0.29) is 0 Å². The van der Waals surface area contributed by atoms with E-state index in [1.807, 2.05) is 6.07 Å². The molecule has 0 aliphatic rings. The van der Waals surface area contributed by atoms with Crippen LogP contribution in [0.1, 0.15) is 26.4 Å². The van der Waals surface area contributed by atoms with Gasteiger partial charge in [-0.2, -0.15) is 0 Å². The van der Waals surface area contributed by atoms with Gasteiger partial charge in [-0.25, -0.2) is 0 Å². The van der Waals surface area contributed by atoms with E-state index in [4.69, 9.17) is 10.5 Å². The van der Waals surface area contributed by atoms with Crippen LogP contribution in [0.3, 0.4) is 0 Å². The predicted molar refractivity (Wildman–Crippen MR) is 85.2 cm³/mol. The Bertz CT molecular complexity index is 661. The molecule has 2 N–H and O–H groups in total. The Morgan fingerprint density at radius 1 is 1.10 bits per heavy atom. The zero-order valence-electron chi connectivity index (χ0n) is 12.1. The summed E-state index contributed by atoms with van der Waals surface area (Å²) in [6.45, 7) is 7.26. The van der Waals surface area contributed by atoms with Crippen LogP contribution in [0.2, 0.25) is 0 Å². The Morgan fingerprint density at radius 2 is 1.85 bits per heavy atom. The third-order valence-electron chi connectivity index (χ3n) is 3.21. The van der Waals surface area contributed by atoms with Crippen LogP contribution in [-0.4, -0.2) is 6.54 Å². The molecule has 0 unspecified atom stereocenters. The number of hydrogen-bond donors (Lipinski definition) is 1. The Morgan fingerprint density at radius 3 is 2.60 bits per heavy atom. The van der Waals surface area contributed by atoms with Crippen LogP contribution in [0, 0.1) is 32.6 Å². The zero-order chi connectivity index (χ0) is 14.5. The van der Waals surface area contributed by atoms with E-state index in [2.05, 4.69) is 50.8 Å². The van der Waals surface area contributed by atoms with E-state index in [0.29, 0.717) is 13.2 Å². The number of rotatable bonds is 3. The van der Waals surface area contributed by atoms with Crippen LogP contribution in [0.25, 0.3) is 0 Å². The fraction of sp³-hybridized carbons (Fsp3) is 0.294. The van der Waals surface area contributed by atoms with Gasteiger partial charge in [-0.1, -0.05) is 24.0 Å². The van der Waals surface area contributed by atoms with Crippen LogP contribution < -0.4 is 10.5 Å². The predicted octanol–water partition coefficient (Wildman–Crippen LogP) is 3.56. The number of ether oxygens (including phenoxy) is 1. The summed E-state index contributed by atoms with van der Waals surface area (Å²) in [4.78, 5) is 2.21. The van der Waals surface area contributed by atoms with Crippen molar-refractivity contribution in [1.29, 1.82) is 0 Å². The average Bonchev–Trinajstić information content (AvgIpc) is 2.89. The molecule has 2 nitrogen and oxygen atoms in total. The molecule has 2 rings (SSSR count). The van der Waals surface area contributed by atoms with E-state index in [1.165, 1.54) is 21.6 Å². The monoisotopic (exact) mass is 285 g/mol. The first-order valence-electron chi connectivity index (χ1n) is 6.59. The smallest absolute Gasteiger partial charge is 0.125 e. The number of benzene rings is 1. The lowest BCUT2D eigenvalue weighted by atomic mass is 10.1. The highest BCUT2D eigenvalue weighted by Crippen LogP contribution is 2.27. The van der Waals surface area contributed by atoms with Crippen LogP contribution in [0.4, 0.5) is 0 Å². The maximum absolute atomic E-state index is 5.99. The third kappa shape index (κ3) is 3.41. The first-order chi connectivity index (χ1) is 9.61. The van der Waals surface area contributed by atoms with Crippen LogP contribution in [0.5, 0.6) is 5.75 Å². The van der Waals surface area contributed by atoms with Crippen molar-refractivity contribution in [2.24, 2.45) is 5.73 Å². The Kier molecular flexibility index (Phi) is 4.84. The van der Waals surface area contributed by atoms with Crippen LogP contribution in [0.15, 0.2) is 24.3 Å².